The summed E-state index contributed by atoms with van der Waals surface area (Å²) in [7, 11) is 1.73. The van der Waals surface area contributed by atoms with Gasteiger partial charge in [-0.3, -0.25) is 0 Å². The molecule has 0 bridgehead atoms. The number of nitrogens with two attached hydrogens (primary N) is 1. The molecule has 0 amide bonds. The van der Waals surface area contributed by atoms with E-state index in [1.807, 2.05) is 13.8 Å². The summed E-state index contributed by atoms with van der Waals surface area (Å²) in [5, 5.41) is 3.36. The summed E-state index contributed by atoms with van der Waals surface area (Å²) in [5.74, 6) is -0.194. The second-order valence-corrected chi connectivity index (χ2v) is 5.55. The Labute approximate surface area is 119 Å². The fourth-order valence-corrected chi connectivity index (χ4v) is 2.54. The second-order valence-electron chi connectivity index (χ2n) is 5.55. The zero-order valence-corrected chi connectivity index (χ0v) is 12.3. The van der Waals surface area contributed by atoms with Gasteiger partial charge in [0, 0.05) is 25.3 Å². The van der Waals surface area contributed by atoms with E-state index in [1.54, 1.807) is 13.2 Å². The van der Waals surface area contributed by atoms with Gasteiger partial charge in [0.15, 0.2) is 11.6 Å². The van der Waals surface area contributed by atoms with Crippen LogP contribution in [0.1, 0.15) is 33.1 Å². The van der Waals surface area contributed by atoms with Crippen LogP contribution in [0.2, 0.25) is 0 Å². The summed E-state index contributed by atoms with van der Waals surface area (Å²) < 4.78 is 24.6. The fraction of sp³-hybridized carbons (Fsp3) is 0.600. The van der Waals surface area contributed by atoms with Crippen LogP contribution in [-0.4, -0.2) is 25.4 Å². The van der Waals surface area contributed by atoms with Crippen molar-refractivity contribution in [3.05, 3.63) is 17.9 Å². The third-order valence-electron chi connectivity index (χ3n) is 3.54. The molecule has 0 radical (unpaired) electrons. The number of nitrogen functional groups attached to an aromatic ring is 1. The maximum atomic E-state index is 13.8. The maximum Gasteiger partial charge on any atom is 0.167 e. The highest BCUT2D eigenvalue weighted by molar-refractivity contribution is 5.69. The van der Waals surface area contributed by atoms with Gasteiger partial charge in [-0.2, -0.15) is 0 Å². The molecular formula is C15H23FN2O2. The second kappa shape index (κ2) is 6.31. The number of hydrogen-bond donors (Lipinski definition) is 2. The molecule has 2 rings (SSSR count). The SMILES string of the molecule is COC1CCC(Nc2cc(OC(C)C)c(F)cc2N)C1. The highest BCUT2D eigenvalue weighted by atomic mass is 19.1. The Morgan fingerprint density at radius 1 is 1.35 bits per heavy atom. The third-order valence-corrected chi connectivity index (χ3v) is 3.54. The summed E-state index contributed by atoms with van der Waals surface area (Å²) in [6.07, 6.45) is 3.21. The predicted octanol–water partition coefficient (Wildman–Crippen LogP) is 3.17. The average molecular weight is 282 g/mol. The first kappa shape index (κ1) is 14.9. The van der Waals surface area contributed by atoms with Gasteiger partial charge in [0.1, 0.15) is 0 Å². The lowest BCUT2D eigenvalue weighted by molar-refractivity contribution is 0.108. The van der Waals surface area contributed by atoms with Gasteiger partial charge in [-0.05, 0) is 33.1 Å². The predicted molar refractivity (Wildman–Crippen MR) is 78.6 cm³/mol. The van der Waals surface area contributed by atoms with Crippen molar-refractivity contribution in [2.24, 2.45) is 0 Å². The third kappa shape index (κ3) is 3.54. The van der Waals surface area contributed by atoms with Crippen LogP contribution in [0.5, 0.6) is 5.75 Å². The van der Waals surface area contributed by atoms with Crippen molar-refractivity contribution in [1.82, 2.24) is 0 Å². The van der Waals surface area contributed by atoms with Crippen LogP contribution in [0.25, 0.3) is 0 Å². The van der Waals surface area contributed by atoms with Gasteiger partial charge in [0.05, 0.1) is 23.6 Å². The van der Waals surface area contributed by atoms with E-state index in [1.165, 1.54) is 6.07 Å². The lowest BCUT2D eigenvalue weighted by Gasteiger charge is -2.18. The molecule has 0 saturated heterocycles. The Bertz CT molecular complexity index is 465. The fourth-order valence-electron chi connectivity index (χ4n) is 2.54. The van der Waals surface area contributed by atoms with E-state index in [2.05, 4.69) is 5.32 Å². The molecule has 5 heteroatoms. The van der Waals surface area contributed by atoms with Crippen LogP contribution in [0, 0.1) is 5.82 Å². The molecule has 2 unspecified atom stereocenters. The maximum absolute atomic E-state index is 13.8. The van der Waals surface area contributed by atoms with Crippen LogP contribution in [-0.2, 0) is 4.74 Å². The zero-order valence-electron chi connectivity index (χ0n) is 12.3. The molecule has 3 N–H and O–H groups in total. The topological polar surface area (TPSA) is 56.5 Å². The molecular weight excluding hydrogens is 259 g/mol. The van der Waals surface area contributed by atoms with Crippen LogP contribution in [0.15, 0.2) is 12.1 Å². The van der Waals surface area contributed by atoms with Gasteiger partial charge < -0.3 is 20.5 Å². The molecule has 1 aromatic rings. The molecule has 1 aliphatic carbocycles. The minimum absolute atomic E-state index is 0.0784. The summed E-state index contributed by atoms with van der Waals surface area (Å²) in [6, 6.07) is 3.26. The van der Waals surface area contributed by atoms with Gasteiger partial charge in [0.2, 0.25) is 0 Å². The Morgan fingerprint density at radius 2 is 2.10 bits per heavy atom. The highest BCUT2D eigenvalue weighted by Gasteiger charge is 2.25. The minimum Gasteiger partial charge on any atom is -0.488 e. The molecule has 0 aromatic heterocycles. The molecule has 112 valence electrons. The van der Waals surface area contributed by atoms with Gasteiger partial charge in [-0.1, -0.05) is 0 Å². The van der Waals surface area contributed by atoms with Crippen molar-refractivity contribution in [3.8, 4) is 5.75 Å². The lowest BCUT2D eigenvalue weighted by Crippen LogP contribution is -2.18. The summed E-state index contributed by atoms with van der Waals surface area (Å²) >= 11 is 0. The first-order chi connectivity index (χ1) is 9.49. The van der Waals surface area contributed by atoms with E-state index in [9.17, 15) is 4.39 Å². The Hall–Kier alpha value is -1.49. The van der Waals surface area contributed by atoms with Gasteiger partial charge in [-0.15, -0.1) is 0 Å². The summed E-state index contributed by atoms with van der Waals surface area (Å²) in [4.78, 5) is 0. The van der Waals surface area contributed by atoms with Crippen molar-refractivity contribution in [3.63, 3.8) is 0 Å². The van der Waals surface area contributed by atoms with Gasteiger partial charge in [0.25, 0.3) is 0 Å². The average Bonchev–Trinajstić information content (AvgIpc) is 2.82. The molecule has 1 aromatic carbocycles. The molecule has 0 heterocycles. The van der Waals surface area contributed by atoms with Gasteiger partial charge >= 0.3 is 0 Å². The zero-order chi connectivity index (χ0) is 14.7. The molecule has 20 heavy (non-hydrogen) atoms. The quantitative estimate of drug-likeness (QED) is 0.814. The van der Waals surface area contributed by atoms with Gasteiger partial charge in [-0.25, -0.2) is 4.39 Å². The normalized spacial score (nSPS) is 22.2. The first-order valence-corrected chi connectivity index (χ1v) is 7.04. The number of nitrogens with one attached hydrogen (secondary N) is 1. The number of hydrogen-bond acceptors (Lipinski definition) is 4. The van der Waals surface area contributed by atoms with Crippen LogP contribution >= 0.6 is 0 Å². The number of halogens is 1. The number of anilines is 2. The van der Waals surface area contributed by atoms with Crippen LogP contribution in [0.4, 0.5) is 15.8 Å². The molecule has 1 saturated carbocycles. The van der Waals surface area contributed by atoms with Crippen molar-refractivity contribution in [2.45, 2.75) is 51.4 Å². The molecule has 0 spiro atoms. The van der Waals surface area contributed by atoms with E-state index >= 15 is 0 Å². The number of methoxy groups -OCH3 is 1. The standard InChI is InChI=1S/C15H23FN2O2/c1-9(2)20-15-8-14(13(17)7-12(15)16)18-10-4-5-11(6-10)19-3/h7-11,18H,4-6,17H2,1-3H3. The summed E-state index contributed by atoms with van der Waals surface area (Å²) in [6.45, 7) is 3.73. The Kier molecular flexibility index (Phi) is 4.70. The largest absolute Gasteiger partial charge is 0.488 e. The number of benzene rings is 1. The summed E-state index contributed by atoms with van der Waals surface area (Å²) in [5.41, 5.74) is 7.01. The van der Waals surface area contributed by atoms with E-state index in [-0.39, 0.29) is 11.9 Å². The highest BCUT2D eigenvalue weighted by Crippen LogP contribution is 2.32. The lowest BCUT2D eigenvalue weighted by atomic mass is 10.2. The van der Waals surface area contributed by atoms with E-state index in [4.69, 9.17) is 15.2 Å². The smallest absolute Gasteiger partial charge is 0.167 e. The molecule has 2 atom stereocenters. The van der Waals surface area contributed by atoms with E-state index in [0.717, 1.165) is 24.9 Å². The molecule has 1 fully saturated rings. The van der Waals surface area contributed by atoms with Crippen molar-refractivity contribution < 1.29 is 13.9 Å². The van der Waals surface area contributed by atoms with Crippen molar-refractivity contribution in [2.75, 3.05) is 18.2 Å². The minimum atomic E-state index is -0.428. The Morgan fingerprint density at radius 3 is 2.70 bits per heavy atom. The number of ether oxygens (including phenoxy) is 2. The molecule has 1 aliphatic rings. The Balaban J connectivity index is 2.11. The first-order valence-electron chi connectivity index (χ1n) is 7.04. The van der Waals surface area contributed by atoms with E-state index < -0.39 is 5.82 Å². The van der Waals surface area contributed by atoms with E-state index in [0.29, 0.717) is 17.8 Å². The van der Waals surface area contributed by atoms with Crippen LogP contribution in [0.3, 0.4) is 0 Å². The van der Waals surface area contributed by atoms with Crippen molar-refractivity contribution >= 4 is 11.4 Å². The number of rotatable bonds is 5. The monoisotopic (exact) mass is 282 g/mol. The van der Waals surface area contributed by atoms with Crippen LogP contribution < -0.4 is 15.8 Å². The van der Waals surface area contributed by atoms with Crippen molar-refractivity contribution in [1.29, 1.82) is 0 Å². The molecule has 0 aliphatic heterocycles. The molecule has 4 nitrogen and oxygen atoms in total.